The summed E-state index contributed by atoms with van der Waals surface area (Å²) in [6.45, 7) is 7.90. The largest absolute Gasteiger partial charge is 0.506 e. The Labute approximate surface area is 218 Å². The highest BCUT2D eigenvalue weighted by atomic mass is 32.2. The maximum atomic E-state index is 13.2. The highest BCUT2D eigenvalue weighted by molar-refractivity contribution is 7.89. The van der Waals surface area contributed by atoms with E-state index in [1.165, 1.54) is 35.1 Å². The number of likely N-dealkylation sites (N-methyl/N-ethyl adjacent to an activating group) is 1. The van der Waals surface area contributed by atoms with Crippen molar-refractivity contribution < 1.29 is 27.8 Å². The third kappa shape index (κ3) is 7.75. The molecule has 0 aromatic heterocycles. The fourth-order valence-corrected chi connectivity index (χ4v) is 5.13. The van der Waals surface area contributed by atoms with Crippen LogP contribution in [0.3, 0.4) is 0 Å². The molecule has 10 nitrogen and oxygen atoms in total. The first-order valence-electron chi connectivity index (χ1n) is 12.3. The van der Waals surface area contributed by atoms with E-state index in [2.05, 4.69) is 23.7 Å². The Hall–Kier alpha value is -2.99. The maximum Gasteiger partial charge on any atom is 0.435 e. The van der Waals surface area contributed by atoms with E-state index in [1.54, 1.807) is 0 Å². The molecule has 1 heterocycles. The Bertz CT molecular complexity index is 1190. The second-order valence-electron chi connectivity index (χ2n) is 9.19. The minimum absolute atomic E-state index is 0.0659. The van der Waals surface area contributed by atoms with Crippen molar-refractivity contribution in [1.29, 1.82) is 0 Å². The molecule has 0 atom stereocenters. The fourth-order valence-electron chi connectivity index (χ4n) is 3.86. The van der Waals surface area contributed by atoms with Gasteiger partial charge in [-0.2, -0.15) is 4.99 Å². The molecular formula is C26H36N4O6S. The van der Waals surface area contributed by atoms with Gasteiger partial charge in [0.2, 0.25) is 10.0 Å². The molecule has 0 aliphatic carbocycles. The normalized spacial score (nSPS) is 15.3. The fraction of sp³-hybridized carbons (Fsp3) is 0.462. The topological polar surface area (TPSA) is 135 Å². The number of nitrogens with two attached hydrogens (primary N) is 1. The zero-order chi connectivity index (χ0) is 27.0. The molecule has 2 aromatic carbocycles. The minimum Gasteiger partial charge on any atom is -0.506 e. The van der Waals surface area contributed by atoms with Gasteiger partial charge in [0.1, 0.15) is 23.1 Å². The van der Waals surface area contributed by atoms with Crippen LogP contribution in [0.25, 0.3) is 0 Å². The van der Waals surface area contributed by atoms with Crippen molar-refractivity contribution in [2.24, 2.45) is 10.7 Å². The lowest BCUT2D eigenvalue weighted by Gasteiger charge is -2.25. The Balaban J connectivity index is 1.64. The molecule has 37 heavy (non-hydrogen) atoms. The van der Waals surface area contributed by atoms with Crippen molar-refractivity contribution in [2.75, 3.05) is 53.0 Å². The van der Waals surface area contributed by atoms with Crippen molar-refractivity contribution in [3.05, 3.63) is 59.2 Å². The summed E-state index contributed by atoms with van der Waals surface area (Å²) in [5, 5.41) is 10.7. The number of hydrogen-bond donors (Lipinski definition) is 2. The number of phenolic OH excluding ortho intramolecular Hbond substituents is 1. The van der Waals surface area contributed by atoms with Gasteiger partial charge in [-0.05, 0) is 35.6 Å². The third-order valence-electron chi connectivity index (χ3n) is 6.27. The molecule has 2 aromatic rings. The van der Waals surface area contributed by atoms with E-state index >= 15 is 0 Å². The van der Waals surface area contributed by atoms with E-state index in [0.717, 1.165) is 18.7 Å². The summed E-state index contributed by atoms with van der Waals surface area (Å²) < 4.78 is 37.9. The maximum absolute atomic E-state index is 13.2. The Morgan fingerprint density at radius 2 is 1.86 bits per heavy atom. The van der Waals surface area contributed by atoms with E-state index in [-0.39, 0.29) is 29.4 Å². The molecule has 3 rings (SSSR count). The van der Waals surface area contributed by atoms with Crippen LogP contribution in [0.15, 0.2) is 52.4 Å². The number of phenols is 1. The number of carbonyl (C=O) groups is 1. The first-order valence-corrected chi connectivity index (χ1v) is 13.7. The quantitative estimate of drug-likeness (QED) is 0.352. The molecule has 1 fully saturated rings. The standard InChI is InChI=1S/C26H36N4O6S/c1-19(2)21-9-7-20(8-10-21)11-12-29(3)37(33,34)23-6-4-5-22(24(23)31)25(27)28-26(32)36-18-15-30-13-16-35-17-14-30/h4-10,19,31H,11-18H2,1-3H3,(H2,27,28,32). The van der Waals surface area contributed by atoms with E-state index < -0.39 is 21.9 Å². The van der Waals surface area contributed by atoms with E-state index in [9.17, 15) is 18.3 Å². The van der Waals surface area contributed by atoms with Crippen molar-refractivity contribution in [1.82, 2.24) is 9.21 Å². The number of nitrogens with zero attached hydrogens (tertiary/aromatic N) is 3. The van der Waals surface area contributed by atoms with Crippen LogP contribution in [0.4, 0.5) is 4.79 Å². The summed E-state index contributed by atoms with van der Waals surface area (Å²) in [7, 11) is -2.58. The Morgan fingerprint density at radius 1 is 1.19 bits per heavy atom. The van der Waals surface area contributed by atoms with Crippen LogP contribution in [0.1, 0.15) is 36.5 Å². The number of amides is 1. The summed E-state index contributed by atoms with van der Waals surface area (Å²) in [5.41, 5.74) is 8.08. The molecule has 1 aliphatic heterocycles. The number of sulfonamides is 1. The number of para-hydroxylation sites is 1. The number of morpholine rings is 1. The number of hydrogen-bond acceptors (Lipinski definition) is 7. The number of carbonyl (C=O) groups excluding carboxylic acids is 1. The molecule has 202 valence electrons. The van der Waals surface area contributed by atoms with Crippen LogP contribution < -0.4 is 5.73 Å². The number of rotatable bonds is 10. The van der Waals surface area contributed by atoms with Gasteiger partial charge >= 0.3 is 6.09 Å². The van der Waals surface area contributed by atoms with Crippen LogP contribution in [0, 0.1) is 0 Å². The zero-order valence-corrected chi connectivity index (χ0v) is 22.4. The van der Waals surface area contributed by atoms with Crippen molar-refractivity contribution in [3.8, 4) is 5.75 Å². The molecule has 11 heteroatoms. The Kier molecular flexibility index (Phi) is 10.0. The highest BCUT2D eigenvalue weighted by Crippen LogP contribution is 2.29. The summed E-state index contributed by atoms with van der Waals surface area (Å²) in [4.78, 5) is 17.6. The molecule has 0 saturated carbocycles. The van der Waals surface area contributed by atoms with Gasteiger partial charge in [0.25, 0.3) is 0 Å². The van der Waals surface area contributed by atoms with Crippen LogP contribution in [-0.2, 0) is 25.9 Å². The van der Waals surface area contributed by atoms with Gasteiger partial charge in [-0.25, -0.2) is 17.5 Å². The van der Waals surface area contributed by atoms with Crippen LogP contribution in [0.2, 0.25) is 0 Å². The van der Waals surface area contributed by atoms with Crippen molar-refractivity contribution in [2.45, 2.75) is 31.1 Å². The van der Waals surface area contributed by atoms with Crippen LogP contribution in [-0.4, -0.2) is 87.7 Å². The first-order chi connectivity index (χ1) is 17.6. The lowest BCUT2D eigenvalue weighted by molar-refractivity contribution is 0.0288. The van der Waals surface area contributed by atoms with E-state index in [1.807, 2.05) is 24.3 Å². The zero-order valence-electron chi connectivity index (χ0n) is 21.6. The van der Waals surface area contributed by atoms with Crippen LogP contribution >= 0.6 is 0 Å². The van der Waals surface area contributed by atoms with Gasteiger partial charge < -0.3 is 20.3 Å². The molecule has 0 bridgehead atoms. The van der Waals surface area contributed by atoms with Crippen LogP contribution in [0.5, 0.6) is 5.75 Å². The second-order valence-corrected chi connectivity index (χ2v) is 11.2. The van der Waals surface area contributed by atoms with Crippen molar-refractivity contribution >= 4 is 22.0 Å². The van der Waals surface area contributed by atoms with Gasteiger partial charge in [-0.1, -0.05) is 44.2 Å². The molecular weight excluding hydrogens is 496 g/mol. The summed E-state index contributed by atoms with van der Waals surface area (Å²) in [5.74, 6) is -0.489. The molecule has 1 amide bonds. The van der Waals surface area contributed by atoms with Gasteiger partial charge in [0.15, 0.2) is 0 Å². The molecule has 1 saturated heterocycles. The average molecular weight is 533 g/mol. The number of aliphatic imine (C=N–C) groups is 1. The number of amidine groups is 1. The molecule has 0 unspecified atom stereocenters. The average Bonchev–Trinajstić information content (AvgIpc) is 2.88. The second kappa shape index (κ2) is 13.0. The lowest BCUT2D eigenvalue weighted by atomic mass is 10.0. The van der Waals surface area contributed by atoms with Gasteiger partial charge in [0, 0.05) is 33.2 Å². The van der Waals surface area contributed by atoms with Gasteiger partial charge in [-0.15, -0.1) is 0 Å². The van der Waals surface area contributed by atoms with Gasteiger partial charge in [-0.3, -0.25) is 4.90 Å². The number of ether oxygens (including phenoxy) is 2. The summed E-state index contributed by atoms with van der Waals surface area (Å²) in [6, 6.07) is 12.2. The molecule has 1 aliphatic rings. The molecule has 0 radical (unpaired) electrons. The van der Waals surface area contributed by atoms with E-state index in [4.69, 9.17) is 15.2 Å². The number of aromatic hydroxyl groups is 1. The monoisotopic (exact) mass is 532 g/mol. The van der Waals surface area contributed by atoms with Gasteiger partial charge in [0.05, 0.1) is 18.8 Å². The third-order valence-corrected chi connectivity index (χ3v) is 8.16. The molecule has 3 N–H and O–H groups in total. The van der Waals surface area contributed by atoms with Crippen molar-refractivity contribution in [3.63, 3.8) is 0 Å². The smallest absolute Gasteiger partial charge is 0.435 e. The predicted molar refractivity (Wildman–Crippen MR) is 141 cm³/mol. The summed E-state index contributed by atoms with van der Waals surface area (Å²) in [6.07, 6.45) is -0.409. The van der Waals surface area contributed by atoms with E-state index in [0.29, 0.717) is 32.1 Å². The lowest BCUT2D eigenvalue weighted by Crippen LogP contribution is -2.38. The number of benzene rings is 2. The Morgan fingerprint density at radius 3 is 2.51 bits per heavy atom. The SMILES string of the molecule is CC(C)c1ccc(CCN(C)S(=O)(=O)c2cccc(C(N)=NC(=O)OCCN3CCOCC3)c2O)cc1. The minimum atomic E-state index is -4.03. The molecule has 0 spiro atoms. The highest BCUT2D eigenvalue weighted by Gasteiger charge is 2.26. The summed E-state index contributed by atoms with van der Waals surface area (Å²) >= 11 is 0. The first kappa shape index (κ1) is 28.6. The predicted octanol–water partition coefficient (Wildman–Crippen LogP) is 2.55.